The van der Waals surface area contributed by atoms with Crippen LogP contribution in [0.3, 0.4) is 0 Å². The number of alkyl halides is 1. The summed E-state index contributed by atoms with van der Waals surface area (Å²) >= 11 is 3.03. The molecule has 0 atom stereocenters. The number of halogens is 1. The summed E-state index contributed by atoms with van der Waals surface area (Å²) in [6.45, 7) is 7.21. The predicted octanol–water partition coefficient (Wildman–Crippen LogP) is 4.29. The fraction of sp³-hybridized carbons (Fsp3) is 0.625. The number of carbonyl (C=O) groups excluding carboxylic acids is 2. The van der Waals surface area contributed by atoms with E-state index < -0.39 is 0 Å². The molecule has 1 aromatic rings. The van der Waals surface area contributed by atoms with Crippen molar-refractivity contribution < 1.29 is 14.0 Å². The summed E-state index contributed by atoms with van der Waals surface area (Å²) in [7, 11) is 0. The summed E-state index contributed by atoms with van der Waals surface area (Å²) < 4.78 is 4.81. The molecule has 0 radical (unpaired) electrons. The third-order valence-corrected chi connectivity index (χ3v) is 3.50. The largest absolute Gasteiger partial charge is 0.461 e. The van der Waals surface area contributed by atoms with Gasteiger partial charge >= 0.3 is 0 Å². The van der Waals surface area contributed by atoms with Gasteiger partial charge in [-0.2, -0.15) is 0 Å². The zero-order valence-corrected chi connectivity index (χ0v) is 14.8. The Kier molecular flexibility index (Phi) is 12.0. The first-order valence-electron chi connectivity index (χ1n) is 7.40. The van der Waals surface area contributed by atoms with Crippen LogP contribution in [0.25, 0.3) is 0 Å². The highest BCUT2D eigenvalue weighted by molar-refractivity contribution is 9.09. The number of unbranched alkanes of at least 4 members (excludes halogenated alkanes) is 3. The number of amides is 1. The lowest BCUT2D eigenvalue weighted by Crippen LogP contribution is -2.30. The second-order valence-electron chi connectivity index (χ2n) is 5.03. The summed E-state index contributed by atoms with van der Waals surface area (Å²) in [5, 5.41) is 0.320. The third-order valence-electron chi connectivity index (χ3n) is 2.99. The molecule has 0 saturated carbocycles. The Morgan fingerprint density at radius 2 is 2.10 bits per heavy atom. The van der Waals surface area contributed by atoms with Crippen molar-refractivity contribution in [2.45, 2.75) is 52.5 Å². The number of hydrogen-bond acceptors (Lipinski definition) is 3. The average Bonchev–Trinajstić information content (AvgIpc) is 3.01. The van der Waals surface area contributed by atoms with Crippen LogP contribution in [0.5, 0.6) is 0 Å². The minimum atomic E-state index is -0.0278. The van der Waals surface area contributed by atoms with Gasteiger partial charge in [0.25, 0.3) is 0 Å². The summed E-state index contributed by atoms with van der Waals surface area (Å²) in [4.78, 5) is 23.1. The maximum atomic E-state index is 10.7. The van der Waals surface area contributed by atoms with Gasteiger partial charge in [-0.1, -0.05) is 42.1 Å². The molecule has 21 heavy (non-hydrogen) atoms. The van der Waals surface area contributed by atoms with Gasteiger partial charge in [0.2, 0.25) is 12.2 Å². The van der Waals surface area contributed by atoms with E-state index in [1.54, 1.807) is 12.1 Å². The van der Waals surface area contributed by atoms with Crippen LogP contribution in [-0.2, 0) is 4.79 Å². The molecule has 4 nitrogen and oxygen atoms in total. The van der Waals surface area contributed by atoms with E-state index in [2.05, 4.69) is 22.9 Å². The highest BCUT2D eigenvalue weighted by atomic mass is 79.9. The number of rotatable bonds is 9. The standard InChI is InChI=1S/C10H21NO.C6H5BrO2/c1-4-5-6-7-8-11(9-12)10(2)3;7-4-5(8)6-2-1-3-9-6/h9-10H,4-8H2,1-3H3;1-3H,4H2. The predicted molar refractivity (Wildman–Crippen MR) is 88.9 cm³/mol. The molecule has 0 aliphatic rings. The maximum Gasteiger partial charge on any atom is 0.209 e. The summed E-state index contributed by atoms with van der Waals surface area (Å²) in [6.07, 6.45) is 7.36. The summed E-state index contributed by atoms with van der Waals surface area (Å²) in [5.41, 5.74) is 0. The van der Waals surface area contributed by atoms with Crippen molar-refractivity contribution in [3.8, 4) is 0 Å². The Bertz CT molecular complexity index is 377. The molecule has 0 spiro atoms. The number of ketones is 1. The molecular formula is C16H26BrNO3. The molecule has 0 saturated heterocycles. The van der Waals surface area contributed by atoms with Crippen LogP contribution in [0.1, 0.15) is 57.0 Å². The molecule has 1 heterocycles. The van der Waals surface area contributed by atoms with Crippen molar-refractivity contribution in [1.82, 2.24) is 4.90 Å². The van der Waals surface area contributed by atoms with E-state index in [1.807, 2.05) is 18.7 Å². The lowest BCUT2D eigenvalue weighted by Gasteiger charge is -2.21. The molecule has 0 bridgehead atoms. The topological polar surface area (TPSA) is 50.5 Å². The van der Waals surface area contributed by atoms with E-state index in [-0.39, 0.29) is 5.78 Å². The van der Waals surface area contributed by atoms with Crippen molar-refractivity contribution in [3.63, 3.8) is 0 Å². The number of nitrogens with zero attached hydrogens (tertiary/aromatic N) is 1. The van der Waals surface area contributed by atoms with Gasteiger partial charge in [0, 0.05) is 12.6 Å². The molecule has 0 N–H and O–H groups in total. The first-order chi connectivity index (χ1) is 10.1. The Labute approximate surface area is 136 Å². The average molecular weight is 360 g/mol. The lowest BCUT2D eigenvalue weighted by molar-refractivity contribution is -0.119. The zero-order chi connectivity index (χ0) is 16.1. The van der Waals surface area contributed by atoms with E-state index in [9.17, 15) is 9.59 Å². The molecule has 0 aromatic carbocycles. The van der Waals surface area contributed by atoms with Crippen LogP contribution in [0, 0.1) is 0 Å². The van der Waals surface area contributed by atoms with E-state index in [0.29, 0.717) is 17.1 Å². The van der Waals surface area contributed by atoms with E-state index in [4.69, 9.17) is 4.42 Å². The van der Waals surface area contributed by atoms with Crippen molar-refractivity contribution in [2.75, 3.05) is 11.9 Å². The molecule has 1 rings (SSSR count). The zero-order valence-electron chi connectivity index (χ0n) is 13.2. The van der Waals surface area contributed by atoms with Gasteiger partial charge in [0.15, 0.2) is 5.76 Å². The molecule has 1 amide bonds. The fourth-order valence-electron chi connectivity index (χ4n) is 1.66. The molecule has 0 unspecified atom stereocenters. The van der Waals surface area contributed by atoms with Crippen LogP contribution in [0.15, 0.2) is 22.8 Å². The van der Waals surface area contributed by atoms with Gasteiger partial charge in [-0.15, -0.1) is 0 Å². The van der Waals surface area contributed by atoms with E-state index in [0.717, 1.165) is 19.4 Å². The number of hydrogen-bond donors (Lipinski definition) is 0. The third kappa shape index (κ3) is 9.45. The molecule has 0 fully saturated rings. The highest BCUT2D eigenvalue weighted by Crippen LogP contribution is 2.03. The molecule has 5 heteroatoms. The monoisotopic (exact) mass is 359 g/mol. The minimum Gasteiger partial charge on any atom is -0.461 e. The quantitative estimate of drug-likeness (QED) is 0.286. The lowest BCUT2D eigenvalue weighted by atomic mass is 10.2. The highest BCUT2D eigenvalue weighted by Gasteiger charge is 2.04. The van der Waals surface area contributed by atoms with Crippen LogP contribution < -0.4 is 0 Å². The van der Waals surface area contributed by atoms with Crippen molar-refractivity contribution in [1.29, 1.82) is 0 Å². The van der Waals surface area contributed by atoms with Crippen molar-refractivity contribution in [3.05, 3.63) is 24.2 Å². The van der Waals surface area contributed by atoms with E-state index >= 15 is 0 Å². The van der Waals surface area contributed by atoms with Crippen LogP contribution >= 0.6 is 15.9 Å². The molecular weight excluding hydrogens is 334 g/mol. The first kappa shape index (κ1) is 19.9. The summed E-state index contributed by atoms with van der Waals surface area (Å²) in [6, 6.07) is 3.68. The SMILES string of the molecule is CCCCCCN(C=O)C(C)C.O=C(CBr)c1ccco1. The van der Waals surface area contributed by atoms with Gasteiger partial charge in [-0.25, -0.2) is 0 Å². The van der Waals surface area contributed by atoms with Crippen LogP contribution in [0.4, 0.5) is 0 Å². The van der Waals surface area contributed by atoms with Gasteiger partial charge < -0.3 is 9.32 Å². The smallest absolute Gasteiger partial charge is 0.209 e. The Balaban J connectivity index is 0.000000394. The number of furan rings is 1. The van der Waals surface area contributed by atoms with Crippen LogP contribution in [0.2, 0.25) is 0 Å². The first-order valence-corrected chi connectivity index (χ1v) is 8.52. The van der Waals surface area contributed by atoms with Crippen LogP contribution in [-0.4, -0.2) is 35.0 Å². The van der Waals surface area contributed by atoms with Gasteiger partial charge in [-0.3, -0.25) is 9.59 Å². The fourth-order valence-corrected chi connectivity index (χ4v) is 1.93. The van der Waals surface area contributed by atoms with Crippen molar-refractivity contribution >= 4 is 28.1 Å². The molecule has 120 valence electrons. The number of Topliss-reactive ketones (excluding diaryl/α,β-unsaturated/α-hetero) is 1. The van der Waals surface area contributed by atoms with Crippen molar-refractivity contribution in [2.24, 2.45) is 0 Å². The Morgan fingerprint density at radius 3 is 2.52 bits per heavy atom. The second-order valence-corrected chi connectivity index (χ2v) is 5.59. The van der Waals surface area contributed by atoms with Gasteiger partial charge in [0.05, 0.1) is 11.6 Å². The Hall–Kier alpha value is -1.10. The minimum absolute atomic E-state index is 0.0278. The second kappa shape index (κ2) is 12.6. The van der Waals surface area contributed by atoms with Gasteiger partial charge in [0.1, 0.15) is 0 Å². The maximum absolute atomic E-state index is 10.7. The molecule has 1 aromatic heterocycles. The summed E-state index contributed by atoms with van der Waals surface area (Å²) in [5.74, 6) is 0.381. The number of carbonyl (C=O) groups is 2. The van der Waals surface area contributed by atoms with E-state index in [1.165, 1.54) is 25.5 Å². The Morgan fingerprint density at radius 1 is 1.38 bits per heavy atom. The van der Waals surface area contributed by atoms with Gasteiger partial charge in [-0.05, 0) is 32.4 Å². The molecule has 0 aliphatic carbocycles. The molecule has 0 aliphatic heterocycles. The normalized spacial score (nSPS) is 9.95.